The van der Waals surface area contributed by atoms with Crippen molar-refractivity contribution in [1.82, 2.24) is 9.88 Å². The zero-order valence-corrected chi connectivity index (χ0v) is 18.5. The van der Waals surface area contributed by atoms with Crippen molar-refractivity contribution in [2.24, 2.45) is 0 Å². The molecule has 3 heterocycles. The standard InChI is InChI=1S/C22H22N3O6P/c1-14-17-5-3-4-6-18(17)31-19(14)13-24(2)20(26)9-7-15-11-16-8-10-21(27)25(32(28,29)30)22(16)23-12-15/h3-7,9,11-12H,8,10,13H2,1-2H3,(H2,28,29,30)/b9-7+. The Morgan fingerprint density at radius 1 is 1.31 bits per heavy atom. The van der Waals surface area contributed by atoms with Gasteiger partial charge in [0, 0.05) is 36.7 Å². The quantitative estimate of drug-likeness (QED) is 0.447. The molecule has 166 valence electrons. The first-order valence-corrected chi connectivity index (χ1v) is 11.5. The smallest absolute Gasteiger partial charge is 0.438 e. The highest BCUT2D eigenvalue weighted by Gasteiger charge is 2.37. The van der Waals surface area contributed by atoms with E-state index >= 15 is 0 Å². The molecule has 10 heteroatoms. The molecule has 1 aromatic carbocycles. The van der Waals surface area contributed by atoms with Gasteiger partial charge in [-0.15, -0.1) is 0 Å². The molecule has 0 unspecified atom stereocenters. The maximum atomic E-state index is 12.6. The molecule has 0 aliphatic carbocycles. The van der Waals surface area contributed by atoms with Crippen LogP contribution in [0, 0.1) is 6.92 Å². The summed E-state index contributed by atoms with van der Waals surface area (Å²) in [5, 5.41) is 1.02. The molecule has 2 N–H and O–H groups in total. The maximum absolute atomic E-state index is 12.6. The van der Waals surface area contributed by atoms with Gasteiger partial charge in [-0.1, -0.05) is 18.2 Å². The second kappa shape index (κ2) is 8.35. The maximum Gasteiger partial charge on any atom is 0.438 e. The molecule has 2 aromatic heterocycles. The fourth-order valence-electron chi connectivity index (χ4n) is 3.69. The van der Waals surface area contributed by atoms with Crippen molar-refractivity contribution in [2.75, 3.05) is 11.7 Å². The summed E-state index contributed by atoms with van der Waals surface area (Å²) in [7, 11) is -3.13. The van der Waals surface area contributed by atoms with Gasteiger partial charge in [-0.05, 0) is 42.7 Å². The molecule has 1 aliphatic heterocycles. The van der Waals surface area contributed by atoms with Crippen molar-refractivity contribution in [2.45, 2.75) is 26.3 Å². The third kappa shape index (κ3) is 4.23. The molecular formula is C22H22N3O6P. The van der Waals surface area contributed by atoms with E-state index in [-0.39, 0.29) is 18.1 Å². The minimum atomic E-state index is -4.80. The Morgan fingerprint density at radius 2 is 2.06 bits per heavy atom. The fourth-order valence-corrected chi connectivity index (χ4v) is 4.50. The molecule has 4 rings (SSSR count). The van der Waals surface area contributed by atoms with Crippen LogP contribution >= 0.6 is 7.75 Å². The molecule has 0 fully saturated rings. The number of aromatic nitrogens is 1. The Morgan fingerprint density at radius 3 is 2.78 bits per heavy atom. The highest BCUT2D eigenvalue weighted by molar-refractivity contribution is 7.54. The van der Waals surface area contributed by atoms with Crippen LogP contribution in [0.1, 0.15) is 28.9 Å². The highest BCUT2D eigenvalue weighted by atomic mass is 31.2. The topological polar surface area (TPSA) is 124 Å². The zero-order valence-electron chi connectivity index (χ0n) is 17.6. The predicted molar refractivity (Wildman–Crippen MR) is 119 cm³/mol. The highest BCUT2D eigenvalue weighted by Crippen LogP contribution is 2.46. The number of aryl methyl sites for hydroxylation is 2. The van der Waals surface area contributed by atoms with Crippen molar-refractivity contribution >= 4 is 42.4 Å². The molecular weight excluding hydrogens is 433 g/mol. The van der Waals surface area contributed by atoms with E-state index in [1.54, 1.807) is 19.2 Å². The molecule has 0 bridgehead atoms. The molecule has 3 aromatic rings. The summed E-state index contributed by atoms with van der Waals surface area (Å²) in [5.74, 6) is -0.238. The SMILES string of the molecule is Cc1c(CN(C)C(=O)/C=C/c2cnc3c(c2)CCC(=O)N3P(=O)(O)O)oc2ccccc12. The molecule has 0 radical (unpaired) electrons. The lowest BCUT2D eigenvalue weighted by molar-refractivity contribution is -0.125. The largest absolute Gasteiger partial charge is 0.459 e. The van der Waals surface area contributed by atoms with Gasteiger partial charge in [0.15, 0.2) is 0 Å². The minimum absolute atomic E-state index is 0.0223. The molecule has 9 nitrogen and oxygen atoms in total. The summed E-state index contributed by atoms with van der Waals surface area (Å²) in [6, 6.07) is 9.37. The van der Waals surface area contributed by atoms with Crippen LogP contribution in [-0.4, -0.2) is 38.5 Å². The number of furan rings is 1. The van der Waals surface area contributed by atoms with Crippen LogP contribution in [0.15, 0.2) is 47.0 Å². The van der Waals surface area contributed by atoms with E-state index in [0.717, 1.165) is 16.5 Å². The van der Waals surface area contributed by atoms with Gasteiger partial charge in [0.2, 0.25) is 11.8 Å². The lowest BCUT2D eigenvalue weighted by Gasteiger charge is -2.28. The van der Waals surface area contributed by atoms with Gasteiger partial charge in [-0.2, -0.15) is 4.67 Å². The van der Waals surface area contributed by atoms with Crippen molar-refractivity contribution in [3.05, 3.63) is 65.1 Å². The first-order chi connectivity index (χ1) is 15.1. The van der Waals surface area contributed by atoms with E-state index in [1.165, 1.54) is 17.2 Å². The number of carbonyl (C=O) groups excluding carboxylic acids is 2. The van der Waals surface area contributed by atoms with Crippen molar-refractivity contribution in [3.63, 3.8) is 0 Å². The number of para-hydroxylation sites is 1. The number of nitrogens with zero attached hydrogens (tertiary/aromatic N) is 3. The van der Waals surface area contributed by atoms with E-state index in [9.17, 15) is 23.9 Å². The number of benzene rings is 1. The van der Waals surface area contributed by atoms with Gasteiger partial charge in [0.1, 0.15) is 17.2 Å². The number of fused-ring (bicyclic) bond motifs is 2. The van der Waals surface area contributed by atoms with Gasteiger partial charge in [0.05, 0.1) is 6.54 Å². The predicted octanol–water partition coefficient (Wildman–Crippen LogP) is 3.18. The van der Waals surface area contributed by atoms with E-state index in [0.29, 0.717) is 34.5 Å². The first kappa shape index (κ1) is 22.0. The third-order valence-corrected chi connectivity index (χ3v) is 6.32. The summed E-state index contributed by atoms with van der Waals surface area (Å²) in [4.78, 5) is 49.0. The van der Waals surface area contributed by atoms with Gasteiger partial charge in [0.25, 0.3) is 0 Å². The number of hydrogen-bond donors (Lipinski definition) is 2. The monoisotopic (exact) mass is 455 g/mol. The molecule has 0 spiro atoms. The molecule has 32 heavy (non-hydrogen) atoms. The summed E-state index contributed by atoms with van der Waals surface area (Å²) in [6.45, 7) is 2.27. The number of rotatable bonds is 5. The molecule has 1 aliphatic rings. The van der Waals surface area contributed by atoms with Crippen LogP contribution in [0.2, 0.25) is 0 Å². The van der Waals surface area contributed by atoms with Gasteiger partial charge in [-0.3, -0.25) is 9.59 Å². The van der Waals surface area contributed by atoms with Crippen LogP contribution in [0.4, 0.5) is 5.82 Å². The van der Waals surface area contributed by atoms with Gasteiger partial charge < -0.3 is 19.1 Å². The Labute approximate surface area is 184 Å². The van der Waals surface area contributed by atoms with Crippen LogP contribution in [0.25, 0.3) is 17.0 Å². The van der Waals surface area contributed by atoms with Gasteiger partial charge >= 0.3 is 7.75 Å². The van der Waals surface area contributed by atoms with Crippen LogP contribution < -0.4 is 4.67 Å². The minimum Gasteiger partial charge on any atom is -0.459 e. The third-order valence-electron chi connectivity index (χ3n) is 5.39. The Hall–Kier alpha value is -3.26. The lowest BCUT2D eigenvalue weighted by atomic mass is 10.0. The average Bonchev–Trinajstić information content (AvgIpc) is 3.06. The van der Waals surface area contributed by atoms with E-state index in [1.807, 2.05) is 31.2 Å². The number of amides is 2. The Kier molecular flexibility index (Phi) is 5.73. The van der Waals surface area contributed by atoms with Crippen molar-refractivity contribution in [1.29, 1.82) is 0 Å². The van der Waals surface area contributed by atoms with Gasteiger partial charge in [-0.25, -0.2) is 9.55 Å². The van der Waals surface area contributed by atoms with Crippen molar-refractivity contribution < 1.29 is 28.4 Å². The molecule has 0 atom stereocenters. The van der Waals surface area contributed by atoms with Crippen LogP contribution in [0.5, 0.6) is 0 Å². The second-order valence-electron chi connectivity index (χ2n) is 7.64. The molecule has 2 amide bonds. The zero-order chi connectivity index (χ0) is 23.0. The molecule has 0 saturated heterocycles. The number of likely N-dealkylation sites (N-methyl/N-ethyl adjacent to an activating group) is 1. The summed E-state index contributed by atoms with van der Waals surface area (Å²) < 4.78 is 18.0. The van der Waals surface area contributed by atoms with E-state index < -0.39 is 13.7 Å². The molecule has 0 saturated carbocycles. The fraction of sp³-hybridized carbons (Fsp3) is 0.227. The Bertz CT molecular complexity index is 1290. The second-order valence-corrected chi connectivity index (χ2v) is 9.07. The number of carbonyl (C=O) groups is 2. The van der Waals surface area contributed by atoms with E-state index in [4.69, 9.17) is 4.42 Å². The first-order valence-electron chi connectivity index (χ1n) is 9.93. The van der Waals surface area contributed by atoms with E-state index in [2.05, 4.69) is 4.98 Å². The lowest BCUT2D eigenvalue weighted by Crippen LogP contribution is -2.33. The average molecular weight is 455 g/mol. The number of anilines is 1. The van der Waals surface area contributed by atoms with Crippen LogP contribution in [0.3, 0.4) is 0 Å². The number of hydrogen-bond acceptors (Lipinski definition) is 5. The Balaban J connectivity index is 1.49. The summed E-state index contributed by atoms with van der Waals surface area (Å²) in [5.41, 5.74) is 2.89. The summed E-state index contributed by atoms with van der Waals surface area (Å²) >= 11 is 0. The summed E-state index contributed by atoms with van der Waals surface area (Å²) in [6.07, 6.45) is 4.64. The van der Waals surface area contributed by atoms with Crippen LogP contribution in [-0.2, 0) is 27.1 Å². The van der Waals surface area contributed by atoms with Crippen molar-refractivity contribution in [3.8, 4) is 0 Å². The number of pyridine rings is 1. The normalized spacial score (nSPS) is 14.2.